The topological polar surface area (TPSA) is 49.3 Å². The minimum absolute atomic E-state index is 0.0565. The third-order valence-electron chi connectivity index (χ3n) is 3.03. The molecule has 0 heterocycles. The van der Waals surface area contributed by atoms with Crippen LogP contribution in [-0.4, -0.2) is 17.6 Å². The van der Waals surface area contributed by atoms with E-state index in [4.69, 9.17) is 0 Å². The zero-order chi connectivity index (χ0) is 14.5. The van der Waals surface area contributed by atoms with Gasteiger partial charge in [-0.25, -0.2) is 4.39 Å². The van der Waals surface area contributed by atoms with Crippen molar-refractivity contribution in [2.75, 3.05) is 6.54 Å². The number of carbonyl (C=O) groups is 1. The van der Waals surface area contributed by atoms with Gasteiger partial charge >= 0.3 is 0 Å². The minimum Gasteiger partial charge on any atom is -0.507 e. The quantitative estimate of drug-likeness (QED) is 0.900. The van der Waals surface area contributed by atoms with E-state index in [1.54, 1.807) is 30.3 Å². The van der Waals surface area contributed by atoms with Gasteiger partial charge in [0.25, 0.3) is 5.91 Å². The Morgan fingerprint density at radius 1 is 1.25 bits per heavy atom. The SMILES string of the molecule is Cc1ccc(O)c(C(=O)NCCc2ccccc2F)c1. The average Bonchev–Trinajstić information content (AvgIpc) is 2.43. The number of aryl methyl sites for hydroxylation is 1. The highest BCUT2D eigenvalue weighted by Gasteiger charge is 2.10. The summed E-state index contributed by atoms with van der Waals surface area (Å²) in [7, 11) is 0. The summed E-state index contributed by atoms with van der Waals surface area (Å²) in [6, 6.07) is 11.3. The van der Waals surface area contributed by atoms with Crippen molar-refractivity contribution in [3.8, 4) is 5.75 Å². The maximum absolute atomic E-state index is 13.4. The molecule has 0 saturated heterocycles. The molecule has 104 valence electrons. The molecule has 0 radical (unpaired) electrons. The highest BCUT2D eigenvalue weighted by Crippen LogP contribution is 2.17. The van der Waals surface area contributed by atoms with Crippen LogP contribution in [0.25, 0.3) is 0 Å². The molecule has 2 N–H and O–H groups in total. The van der Waals surface area contributed by atoms with Gasteiger partial charge in [-0.05, 0) is 37.1 Å². The van der Waals surface area contributed by atoms with Gasteiger partial charge < -0.3 is 10.4 Å². The van der Waals surface area contributed by atoms with Gasteiger partial charge in [0.1, 0.15) is 11.6 Å². The first-order chi connectivity index (χ1) is 9.58. The Labute approximate surface area is 117 Å². The van der Waals surface area contributed by atoms with Crippen molar-refractivity contribution in [2.24, 2.45) is 0 Å². The normalized spacial score (nSPS) is 10.3. The van der Waals surface area contributed by atoms with Gasteiger partial charge in [-0.2, -0.15) is 0 Å². The average molecular weight is 273 g/mol. The summed E-state index contributed by atoms with van der Waals surface area (Å²) >= 11 is 0. The smallest absolute Gasteiger partial charge is 0.255 e. The molecule has 0 atom stereocenters. The van der Waals surface area contributed by atoms with E-state index >= 15 is 0 Å². The molecule has 0 unspecified atom stereocenters. The Morgan fingerprint density at radius 2 is 2.00 bits per heavy atom. The summed E-state index contributed by atoms with van der Waals surface area (Å²) in [5.41, 5.74) is 1.68. The van der Waals surface area contributed by atoms with Gasteiger partial charge in [0.15, 0.2) is 0 Å². The van der Waals surface area contributed by atoms with Crippen LogP contribution in [0, 0.1) is 12.7 Å². The summed E-state index contributed by atoms with van der Waals surface area (Å²) in [6.45, 7) is 2.16. The monoisotopic (exact) mass is 273 g/mol. The Hall–Kier alpha value is -2.36. The van der Waals surface area contributed by atoms with Crippen molar-refractivity contribution >= 4 is 5.91 Å². The van der Waals surface area contributed by atoms with E-state index in [0.29, 0.717) is 18.5 Å². The predicted octanol–water partition coefficient (Wildman–Crippen LogP) is 2.81. The van der Waals surface area contributed by atoms with Crippen molar-refractivity contribution < 1.29 is 14.3 Å². The zero-order valence-corrected chi connectivity index (χ0v) is 11.2. The van der Waals surface area contributed by atoms with E-state index in [1.807, 2.05) is 6.92 Å². The third-order valence-corrected chi connectivity index (χ3v) is 3.03. The molecule has 0 aliphatic carbocycles. The standard InChI is InChI=1S/C16H16FNO2/c1-11-6-7-15(19)13(10-11)16(20)18-9-8-12-4-2-3-5-14(12)17/h2-7,10,19H,8-9H2,1H3,(H,18,20). The molecule has 2 aromatic carbocycles. The van der Waals surface area contributed by atoms with Crippen LogP contribution in [-0.2, 0) is 6.42 Å². The maximum Gasteiger partial charge on any atom is 0.255 e. The van der Waals surface area contributed by atoms with Gasteiger partial charge in [0.2, 0.25) is 0 Å². The lowest BCUT2D eigenvalue weighted by atomic mass is 10.1. The fourth-order valence-corrected chi connectivity index (χ4v) is 1.94. The first kappa shape index (κ1) is 14.1. The van der Waals surface area contributed by atoms with Crippen LogP contribution >= 0.6 is 0 Å². The molecule has 2 aromatic rings. The fourth-order valence-electron chi connectivity index (χ4n) is 1.94. The number of aromatic hydroxyl groups is 1. The summed E-state index contributed by atoms with van der Waals surface area (Å²) < 4.78 is 13.4. The lowest BCUT2D eigenvalue weighted by Gasteiger charge is -2.08. The molecule has 20 heavy (non-hydrogen) atoms. The molecule has 0 bridgehead atoms. The first-order valence-electron chi connectivity index (χ1n) is 6.39. The van der Waals surface area contributed by atoms with Gasteiger partial charge in [0, 0.05) is 6.54 Å². The largest absolute Gasteiger partial charge is 0.507 e. The van der Waals surface area contributed by atoms with E-state index in [2.05, 4.69) is 5.32 Å². The Bertz CT molecular complexity index is 626. The molecule has 2 rings (SSSR count). The Morgan fingerprint density at radius 3 is 2.75 bits per heavy atom. The Balaban J connectivity index is 1.96. The highest BCUT2D eigenvalue weighted by molar-refractivity contribution is 5.96. The summed E-state index contributed by atoms with van der Waals surface area (Å²) in [5, 5.41) is 12.3. The second-order valence-electron chi connectivity index (χ2n) is 4.62. The predicted molar refractivity (Wildman–Crippen MR) is 75.3 cm³/mol. The van der Waals surface area contributed by atoms with Crippen LogP contribution < -0.4 is 5.32 Å². The lowest BCUT2D eigenvalue weighted by molar-refractivity contribution is 0.0951. The number of nitrogens with one attached hydrogen (secondary N) is 1. The van der Waals surface area contributed by atoms with Crippen molar-refractivity contribution in [1.82, 2.24) is 5.32 Å². The number of hydrogen-bond donors (Lipinski definition) is 2. The maximum atomic E-state index is 13.4. The molecule has 0 spiro atoms. The molecular weight excluding hydrogens is 257 g/mol. The molecule has 4 heteroatoms. The second-order valence-corrected chi connectivity index (χ2v) is 4.62. The van der Waals surface area contributed by atoms with E-state index in [1.165, 1.54) is 12.1 Å². The number of halogens is 1. The molecule has 0 aliphatic rings. The van der Waals surface area contributed by atoms with E-state index in [0.717, 1.165) is 5.56 Å². The molecule has 0 saturated carbocycles. The molecule has 0 fully saturated rings. The number of hydrogen-bond acceptors (Lipinski definition) is 2. The Kier molecular flexibility index (Phi) is 4.35. The summed E-state index contributed by atoms with van der Waals surface area (Å²) in [6.07, 6.45) is 0.408. The number of phenols is 1. The van der Waals surface area contributed by atoms with Crippen LogP contribution in [0.3, 0.4) is 0 Å². The summed E-state index contributed by atoms with van der Waals surface area (Å²) in [5.74, 6) is -0.693. The first-order valence-corrected chi connectivity index (χ1v) is 6.39. The van der Waals surface area contributed by atoms with Crippen molar-refractivity contribution in [3.63, 3.8) is 0 Å². The van der Waals surface area contributed by atoms with E-state index in [9.17, 15) is 14.3 Å². The van der Waals surface area contributed by atoms with Gasteiger partial charge in [-0.3, -0.25) is 4.79 Å². The van der Waals surface area contributed by atoms with Crippen LogP contribution in [0.5, 0.6) is 5.75 Å². The van der Waals surface area contributed by atoms with Gasteiger partial charge in [0.05, 0.1) is 5.56 Å². The van der Waals surface area contributed by atoms with Crippen LogP contribution in [0.15, 0.2) is 42.5 Å². The molecule has 1 amide bonds. The third kappa shape index (κ3) is 3.35. The number of phenolic OH excluding ortho intramolecular Hbond substituents is 1. The number of benzene rings is 2. The number of rotatable bonds is 4. The zero-order valence-electron chi connectivity index (χ0n) is 11.2. The summed E-state index contributed by atoms with van der Waals surface area (Å²) in [4.78, 5) is 11.9. The van der Waals surface area contributed by atoms with Crippen LogP contribution in [0.1, 0.15) is 21.5 Å². The molecule has 3 nitrogen and oxygen atoms in total. The lowest BCUT2D eigenvalue weighted by Crippen LogP contribution is -2.26. The molecular formula is C16H16FNO2. The molecule has 0 aliphatic heterocycles. The van der Waals surface area contributed by atoms with Crippen molar-refractivity contribution in [1.29, 1.82) is 0 Å². The van der Waals surface area contributed by atoms with Gasteiger partial charge in [-0.15, -0.1) is 0 Å². The number of amides is 1. The van der Waals surface area contributed by atoms with Gasteiger partial charge in [-0.1, -0.05) is 29.8 Å². The second kappa shape index (κ2) is 6.19. The van der Waals surface area contributed by atoms with E-state index < -0.39 is 0 Å². The van der Waals surface area contributed by atoms with Crippen molar-refractivity contribution in [3.05, 3.63) is 65.0 Å². The highest BCUT2D eigenvalue weighted by atomic mass is 19.1. The van der Waals surface area contributed by atoms with Crippen LogP contribution in [0.4, 0.5) is 4.39 Å². The molecule has 0 aromatic heterocycles. The minimum atomic E-state index is -0.359. The van der Waals surface area contributed by atoms with Crippen molar-refractivity contribution in [2.45, 2.75) is 13.3 Å². The fraction of sp³-hybridized carbons (Fsp3) is 0.188. The number of carbonyl (C=O) groups excluding carboxylic acids is 1. The van der Waals surface area contributed by atoms with Crippen LogP contribution in [0.2, 0.25) is 0 Å². The van der Waals surface area contributed by atoms with E-state index in [-0.39, 0.29) is 23.0 Å².